The van der Waals surface area contributed by atoms with Crippen molar-refractivity contribution in [1.82, 2.24) is 0 Å². The minimum atomic E-state index is -0.669. The lowest BCUT2D eigenvalue weighted by molar-refractivity contribution is -0.145. The van der Waals surface area contributed by atoms with Crippen molar-refractivity contribution in [3.63, 3.8) is 0 Å². The van der Waals surface area contributed by atoms with Crippen LogP contribution in [-0.2, 0) is 19.1 Å². The summed E-state index contributed by atoms with van der Waals surface area (Å²) in [4.78, 5) is 36.3. The summed E-state index contributed by atoms with van der Waals surface area (Å²) in [7, 11) is 0. The fourth-order valence-electron chi connectivity index (χ4n) is 5.81. The Balaban J connectivity index is 1.37. The Kier molecular flexibility index (Phi) is 11.3. The molecule has 0 saturated heterocycles. The van der Waals surface area contributed by atoms with E-state index in [0.29, 0.717) is 23.0 Å². The Bertz CT molecular complexity index is 1830. The molecule has 7 nitrogen and oxygen atoms in total. The van der Waals surface area contributed by atoms with Crippen molar-refractivity contribution in [1.29, 1.82) is 0 Å². The number of carbonyl (C=O) groups is 3. The Morgan fingerprint density at radius 3 is 1.80 bits per heavy atom. The van der Waals surface area contributed by atoms with Gasteiger partial charge in [0.1, 0.15) is 17.6 Å². The van der Waals surface area contributed by atoms with Gasteiger partial charge < -0.3 is 19.3 Å². The molecule has 0 amide bonds. The Morgan fingerprint density at radius 2 is 1.22 bits per heavy atom. The van der Waals surface area contributed by atoms with E-state index in [-0.39, 0.29) is 29.5 Å². The number of carbonyl (C=O) groups excluding carboxylic acids is 3. The van der Waals surface area contributed by atoms with E-state index >= 15 is 0 Å². The van der Waals surface area contributed by atoms with Crippen molar-refractivity contribution in [2.75, 3.05) is 6.61 Å². The molecule has 252 valence electrons. The van der Waals surface area contributed by atoms with Crippen LogP contribution >= 0.6 is 0 Å². The lowest BCUT2D eigenvalue weighted by atomic mass is 9.82. The average Bonchev–Trinajstić information content (AvgIpc) is 3.12. The van der Waals surface area contributed by atoms with Gasteiger partial charge in [0, 0.05) is 5.57 Å². The molecular weight excluding hydrogens is 616 g/mol. The molecule has 5 rings (SSSR count). The molecule has 4 aromatic rings. The first-order chi connectivity index (χ1) is 23.5. The molecule has 4 aromatic carbocycles. The fourth-order valence-corrected chi connectivity index (χ4v) is 5.81. The van der Waals surface area contributed by atoms with E-state index < -0.39 is 12.6 Å². The summed E-state index contributed by atoms with van der Waals surface area (Å²) in [5.74, 6) is -0.290. The highest BCUT2D eigenvalue weighted by Crippen LogP contribution is 2.39. The lowest BCUT2D eigenvalue weighted by Crippen LogP contribution is -2.24. The van der Waals surface area contributed by atoms with Gasteiger partial charge >= 0.3 is 17.9 Å². The largest absolute Gasteiger partial charge is 0.459 e. The van der Waals surface area contributed by atoms with E-state index in [1.807, 2.05) is 68.4 Å². The summed E-state index contributed by atoms with van der Waals surface area (Å²) in [5, 5.41) is 9.10. The minimum Gasteiger partial charge on any atom is -0.459 e. The predicted octanol–water partition coefficient (Wildman–Crippen LogP) is 8.85. The highest BCUT2D eigenvalue weighted by Gasteiger charge is 2.25. The summed E-state index contributed by atoms with van der Waals surface area (Å²) >= 11 is 0. The Labute approximate surface area is 287 Å². The van der Waals surface area contributed by atoms with Crippen LogP contribution in [0.2, 0.25) is 0 Å². The van der Waals surface area contributed by atoms with E-state index in [9.17, 15) is 14.4 Å². The monoisotopic (exact) mass is 658 g/mol. The van der Waals surface area contributed by atoms with E-state index in [2.05, 4.69) is 37.4 Å². The van der Waals surface area contributed by atoms with Crippen LogP contribution in [0.3, 0.4) is 0 Å². The highest BCUT2D eigenvalue weighted by atomic mass is 16.5. The number of esters is 3. The maximum absolute atomic E-state index is 12.4. The molecule has 7 heteroatoms. The summed E-state index contributed by atoms with van der Waals surface area (Å²) < 4.78 is 16.5. The molecule has 1 N–H and O–H groups in total. The topological polar surface area (TPSA) is 99.1 Å². The standard InChI is InChI=1S/C42H42O7/c1-26(2)40(44)47-35-18-14-31(15-19-35)29-6-10-33(11-7-29)38-23-22-37(49-41(45)27(3)4)24-39(38)34-12-8-30(9-13-34)32-16-20-36(21-17-32)48-42(46)28(5)25-43/h6-13,16-17,20-24,27,31,35,43H,1,5,14-15,18-19,25H2,2-4H3. The van der Waals surface area contributed by atoms with Crippen LogP contribution in [0, 0.1) is 5.92 Å². The highest BCUT2D eigenvalue weighted by molar-refractivity contribution is 5.90. The quantitative estimate of drug-likeness (QED) is 0.0977. The summed E-state index contributed by atoms with van der Waals surface area (Å²) in [6, 6.07) is 29.6. The molecule has 49 heavy (non-hydrogen) atoms. The third kappa shape index (κ3) is 8.80. The van der Waals surface area contributed by atoms with Gasteiger partial charge in [0.25, 0.3) is 0 Å². The number of hydrogen-bond acceptors (Lipinski definition) is 7. The van der Waals surface area contributed by atoms with Gasteiger partial charge in [0.05, 0.1) is 18.1 Å². The maximum atomic E-state index is 12.4. The van der Waals surface area contributed by atoms with Gasteiger partial charge in [-0.1, -0.05) is 93.7 Å². The normalized spacial score (nSPS) is 15.7. The predicted molar refractivity (Wildman–Crippen MR) is 191 cm³/mol. The third-order valence-corrected chi connectivity index (χ3v) is 8.74. The van der Waals surface area contributed by atoms with Crippen molar-refractivity contribution < 1.29 is 33.7 Å². The molecule has 1 saturated carbocycles. The first-order valence-electron chi connectivity index (χ1n) is 16.6. The van der Waals surface area contributed by atoms with Crippen molar-refractivity contribution in [2.45, 2.75) is 58.5 Å². The van der Waals surface area contributed by atoms with Gasteiger partial charge in [-0.05, 0) is 102 Å². The van der Waals surface area contributed by atoms with E-state index in [4.69, 9.17) is 19.3 Å². The maximum Gasteiger partial charge on any atom is 0.341 e. The second kappa shape index (κ2) is 15.8. The average molecular weight is 659 g/mol. The number of rotatable bonds is 11. The molecule has 1 aliphatic rings. The Morgan fingerprint density at radius 1 is 0.694 bits per heavy atom. The molecule has 0 aliphatic heterocycles. The fraction of sp³-hybridized carbons (Fsp3) is 0.262. The van der Waals surface area contributed by atoms with Gasteiger partial charge in [-0.25, -0.2) is 9.59 Å². The van der Waals surface area contributed by atoms with Crippen molar-refractivity contribution in [2.24, 2.45) is 5.92 Å². The second-order valence-corrected chi connectivity index (χ2v) is 12.8. The SMILES string of the molecule is C=C(C)C(=O)OC1CCC(c2ccc(-c3ccc(OC(=O)C(C)C)cc3-c3ccc(-c4ccc(OC(=O)C(=C)CO)cc4)cc3)cc2)CC1. The zero-order valence-corrected chi connectivity index (χ0v) is 28.2. The van der Waals surface area contributed by atoms with Crippen molar-refractivity contribution in [3.8, 4) is 44.9 Å². The summed E-state index contributed by atoms with van der Waals surface area (Å²) in [6.45, 7) is 12.0. The molecular formula is C42H42O7. The van der Waals surface area contributed by atoms with Crippen LogP contribution in [0.15, 0.2) is 115 Å². The molecule has 0 heterocycles. The van der Waals surface area contributed by atoms with Gasteiger partial charge in [0.15, 0.2) is 0 Å². The van der Waals surface area contributed by atoms with Gasteiger partial charge in [-0.2, -0.15) is 0 Å². The Hall–Kier alpha value is -5.27. The number of benzene rings is 4. The van der Waals surface area contributed by atoms with Crippen molar-refractivity contribution in [3.05, 3.63) is 121 Å². The number of aliphatic hydroxyl groups is 1. The van der Waals surface area contributed by atoms with E-state index in [1.165, 1.54) is 5.56 Å². The molecule has 0 atom stereocenters. The van der Waals surface area contributed by atoms with Crippen LogP contribution in [0.4, 0.5) is 0 Å². The van der Waals surface area contributed by atoms with Gasteiger partial charge in [-0.15, -0.1) is 0 Å². The van der Waals surface area contributed by atoms with E-state index in [1.54, 1.807) is 19.1 Å². The summed E-state index contributed by atoms with van der Waals surface area (Å²) in [5.41, 5.74) is 7.53. The van der Waals surface area contributed by atoms with Gasteiger partial charge in [0.2, 0.25) is 0 Å². The minimum absolute atomic E-state index is 0.0133. The molecule has 0 aromatic heterocycles. The van der Waals surface area contributed by atoms with Crippen LogP contribution in [0.1, 0.15) is 57.9 Å². The first kappa shape index (κ1) is 35.0. The zero-order chi connectivity index (χ0) is 35.1. The molecule has 0 bridgehead atoms. The molecule has 0 spiro atoms. The number of ether oxygens (including phenoxy) is 3. The van der Waals surface area contributed by atoms with Crippen molar-refractivity contribution >= 4 is 17.9 Å². The zero-order valence-electron chi connectivity index (χ0n) is 28.2. The molecule has 1 fully saturated rings. The third-order valence-electron chi connectivity index (χ3n) is 8.74. The second-order valence-electron chi connectivity index (χ2n) is 12.8. The van der Waals surface area contributed by atoms with Crippen LogP contribution in [-0.4, -0.2) is 35.7 Å². The van der Waals surface area contributed by atoms with Crippen LogP contribution < -0.4 is 9.47 Å². The van der Waals surface area contributed by atoms with Crippen LogP contribution in [0.25, 0.3) is 33.4 Å². The first-order valence-corrected chi connectivity index (χ1v) is 16.6. The molecule has 0 unspecified atom stereocenters. The number of hydrogen-bond donors (Lipinski definition) is 1. The molecule has 1 aliphatic carbocycles. The molecule has 0 radical (unpaired) electrons. The lowest BCUT2D eigenvalue weighted by Gasteiger charge is -2.28. The van der Waals surface area contributed by atoms with Crippen LogP contribution in [0.5, 0.6) is 11.5 Å². The van der Waals surface area contributed by atoms with E-state index in [0.717, 1.165) is 59.1 Å². The smallest absolute Gasteiger partial charge is 0.341 e. The number of aliphatic hydroxyl groups excluding tert-OH is 1. The van der Waals surface area contributed by atoms with Gasteiger partial charge in [-0.3, -0.25) is 4.79 Å². The summed E-state index contributed by atoms with van der Waals surface area (Å²) in [6.07, 6.45) is 3.52.